The summed E-state index contributed by atoms with van der Waals surface area (Å²) in [6, 6.07) is 4.05. The van der Waals surface area contributed by atoms with Crippen LogP contribution in [0.25, 0.3) is 0 Å². The van der Waals surface area contributed by atoms with E-state index >= 15 is 0 Å². The Hall–Kier alpha value is -1.21. The van der Waals surface area contributed by atoms with Gasteiger partial charge in [0, 0.05) is 16.5 Å². The van der Waals surface area contributed by atoms with Crippen molar-refractivity contribution in [3.05, 3.63) is 21.7 Å². The van der Waals surface area contributed by atoms with Crippen molar-refractivity contribution in [1.29, 1.82) is 5.26 Å². The second-order valence-electron chi connectivity index (χ2n) is 3.67. The zero-order chi connectivity index (χ0) is 11.5. The molecule has 4 heteroatoms. The van der Waals surface area contributed by atoms with E-state index in [0.717, 1.165) is 33.5 Å². The van der Waals surface area contributed by atoms with E-state index in [1.54, 1.807) is 0 Å². The fourth-order valence-corrected chi connectivity index (χ4v) is 2.41. The van der Waals surface area contributed by atoms with E-state index in [0.29, 0.717) is 19.6 Å². The Bertz CT molecular complexity index is 451. The summed E-state index contributed by atoms with van der Waals surface area (Å²) >= 11 is 3.47. The summed E-state index contributed by atoms with van der Waals surface area (Å²) < 4.78 is 12.2. The number of hydrogen-bond acceptors (Lipinski definition) is 3. The van der Waals surface area contributed by atoms with Crippen LogP contribution in [0.15, 0.2) is 10.5 Å². The Labute approximate surface area is 103 Å². The van der Waals surface area contributed by atoms with Gasteiger partial charge in [0.1, 0.15) is 0 Å². The topological polar surface area (TPSA) is 42.2 Å². The molecule has 0 atom stereocenters. The molecule has 0 aliphatic carbocycles. The molecular weight excluding hydrogens is 270 g/mol. The average molecular weight is 282 g/mol. The van der Waals surface area contributed by atoms with Crippen LogP contribution in [0.2, 0.25) is 0 Å². The maximum atomic E-state index is 8.79. The van der Waals surface area contributed by atoms with Crippen LogP contribution in [0.3, 0.4) is 0 Å². The molecule has 0 bridgehead atoms. The highest BCUT2D eigenvalue weighted by Gasteiger charge is 2.18. The normalized spacial score (nSPS) is 14.1. The van der Waals surface area contributed by atoms with Gasteiger partial charge < -0.3 is 9.47 Å². The van der Waals surface area contributed by atoms with E-state index in [2.05, 4.69) is 22.0 Å². The Morgan fingerprint density at radius 2 is 2.19 bits per heavy atom. The van der Waals surface area contributed by atoms with Gasteiger partial charge >= 0.3 is 0 Å². The van der Waals surface area contributed by atoms with Crippen LogP contribution in [0.4, 0.5) is 0 Å². The van der Waals surface area contributed by atoms with Crippen molar-refractivity contribution in [2.24, 2.45) is 0 Å². The highest BCUT2D eigenvalue weighted by Crippen LogP contribution is 2.39. The minimum Gasteiger partial charge on any atom is -0.490 e. The summed E-state index contributed by atoms with van der Waals surface area (Å²) in [5.41, 5.74) is 1.97. The highest BCUT2D eigenvalue weighted by atomic mass is 79.9. The van der Waals surface area contributed by atoms with Crippen LogP contribution in [0.1, 0.15) is 17.5 Å². The van der Waals surface area contributed by atoms with E-state index in [-0.39, 0.29) is 0 Å². The van der Waals surface area contributed by atoms with Gasteiger partial charge in [-0.25, -0.2) is 0 Å². The SMILES string of the molecule is Cc1c(CC#N)c(Br)cc2c1OCCCO2. The van der Waals surface area contributed by atoms with Gasteiger partial charge in [-0.05, 0) is 18.6 Å². The molecule has 0 amide bonds. The number of hydrogen-bond donors (Lipinski definition) is 0. The zero-order valence-electron chi connectivity index (χ0n) is 9.05. The first-order valence-corrected chi connectivity index (χ1v) is 5.98. The molecule has 2 rings (SSSR count). The molecule has 0 fully saturated rings. The maximum Gasteiger partial charge on any atom is 0.164 e. The monoisotopic (exact) mass is 281 g/mol. The number of nitriles is 1. The third kappa shape index (κ3) is 2.00. The molecule has 0 N–H and O–H groups in total. The van der Waals surface area contributed by atoms with Crippen LogP contribution >= 0.6 is 15.9 Å². The molecule has 0 unspecified atom stereocenters. The van der Waals surface area contributed by atoms with Crippen LogP contribution in [0, 0.1) is 18.3 Å². The summed E-state index contributed by atoms with van der Waals surface area (Å²) in [7, 11) is 0. The number of benzene rings is 1. The number of ether oxygens (including phenoxy) is 2. The van der Waals surface area contributed by atoms with Crippen LogP contribution in [-0.4, -0.2) is 13.2 Å². The third-order valence-corrected chi connectivity index (χ3v) is 3.32. The first-order valence-electron chi connectivity index (χ1n) is 5.18. The Morgan fingerprint density at radius 1 is 1.44 bits per heavy atom. The van der Waals surface area contributed by atoms with Crippen molar-refractivity contribution >= 4 is 15.9 Å². The van der Waals surface area contributed by atoms with Crippen LogP contribution in [0.5, 0.6) is 11.5 Å². The molecule has 1 heterocycles. The molecule has 1 aliphatic rings. The summed E-state index contributed by atoms with van der Waals surface area (Å²) in [5, 5.41) is 8.79. The summed E-state index contributed by atoms with van der Waals surface area (Å²) in [6.45, 7) is 3.31. The maximum absolute atomic E-state index is 8.79. The molecule has 0 saturated carbocycles. The Balaban J connectivity index is 2.52. The van der Waals surface area contributed by atoms with Gasteiger partial charge in [0.2, 0.25) is 0 Å². The predicted octanol–water partition coefficient (Wildman–Crippen LogP) is 2.98. The van der Waals surface area contributed by atoms with Gasteiger partial charge in [0.25, 0.3) is 0 Å². The lowest BCUT2D eigenvalue weighted by molar-refractivity contribution is 0.296. The Morgan fingerprint density at radius 3 is 2.94 bits per heavy atom. The van der Waals surface area contributed by atoms with Crippen molar-refractivity contribution in [3.63, 3.8) is 0 Å². The lowest BCUT2D eigenvalue weighted by atomic mass is 10.0. The van der Waals surface area contributed by atoms with Gasteiger partial charge in [-0.3, -0.25) is 0 Å². The molecule has 0 spiro atoms. The molecular formula is C12H12BrNO2. The standard InChI is InChI=1S/C12H12BrNO2/c1-8-9(3-4-14)10(13)7-11-12(8)16-6-2-5-15-11/h7H,2-3,5-6H2,1H3. The van der Waals surface area contributed by atoms with Crippen molar-refractivity contribution in [1.82, 2.24) is 0 Å². The molecule has 1 aromatic carbocycles. The van der Waals surface area contributed by atoms with Crippen molar-refractivity contribution < 1.29 is 9.47 Å². The molecule has 0 saturated heterocycles. The van der Waals surface area contributed by atoms with E-state index in [9.17, 15) is 0 Å². The van der Waals surface area contributed by atoms with Crippen LogP contribution < -0.4 is 9.47 Å². The van der Waals surface area contributed by atoms with E-state index in [4.69, 9.17) is 14.7 Å². The molecule has 1 aromatic rings. The zero-order valence-corrected chi connectivity index (χ0v) is 10.6. The predicted molar refractivity (Wildman–Crippen MR) is 63.8 cm³/mol. The largest absolute Gasteiger partial charge is 0.490 e. The lowest BCUT2D eigenvalue weighted by Crippen LogP contribution is -1.99. The third-order valence-electron chi connectivity index (χ3n) is 2.61. The van der Waals surface area contributed by atoms with Gasteiger partial charge in [-0.15, -0.1) is 0 Å². The molecule has 84 valence electrons. The molecule has 0 aromatic heterocycles. The number of fused-ring (bicyclic) bond motifs is 1. The molecule has 0 radical (unpaired) electrons. The minimum atomic E-state index is 0.378. The number of nitrogens with zero attached hydrogens (tertiary/aromatic N) is 1. The smallest absolute Gasteiger partial charge is 0.164 e. The van der Waals surface area contributed by atoms with Crippen LogP contribution in [-0.2, 0) is 6.42 Å². The molecule has 3 nitrogen and oxygen atoms in total. The number of rotatable bonds is 1. The highest BCUT2D eigenvalue weighted by molar-refractivity contribution is 9.10. The first kappa shape index (κ1) is 11.3. The van der Waals surface area contributed by atoms with Crippen molar-refractivity contribution in [2.45, 2.75) is 19.8 Å². The first-order chi connectivity index (χ1) is 7.74. The lowest BCUT2D eigenvalue weighted by Gasteiger charge is -2.14. The fourth-order valence-electron chi connectivity index (χ4n) is 1.77. The van der Waals surface area contributed by atoms with Gasteiger partial charge in [-0.2, -0.15) is 5.26 Å². The quantitative estimate of drug-likeness (QED) is 0.795. The summed E-state index contributed by atoms with van der Waals surface area (Å²) in [5.74, 6) is 1.55. The summed E-state index contributed by atoms with van der Waals surface area (Å²) in [4.78, 5) is 0. The summed E-state index contributed by atoms with van der Waals surface area (Å²) in [6.07, 6.45) is 1.27. The second-order valence-corrected chi connectivity index (χ2v) is 4.53. The average Bonchev–Trinajstić information content (AvgIpc) is 2.49. The van der Waals surface area contributed by atoms with Gasteiger partial charge in [0.05, 0.1) is 25.7 Å². The van der Waals surface area contributed by atoms with Crippen molar-refractivity contribution in [3.8, 4) is 17.6 Å². The van der Waals surface area contributed by atoms with E-state index < -0.39 is 0 Å². The van der Waals surface area contributed by atoms with Crippen molar-refractivity contribution in [2.75, 3.05) is 13.2 Å². The van der Waals surface area contributed by atoms with Gasteiger partial charge in [0.15, 0.2) is 11.5 Å². The van der Waals surface area contributed by atoms with E-state index in [1.807, 2.05) is 13.0 Å². The fraction of sp³-hybridized carbons (Fsp3) is 0.417. The minimum absolute atomic E-state index is 0.378. The Kier molecular flexibility index (Phi) is 3.35. The van der Waals surface area contributed by atoms with E-state index in [1.165, 1.54) is 0 Å². The second kappa shape index (κ2) is 4.75. The molecule has 16 heavy (non-hydrogen) atoms. The molecule has 1 aliphatic heterocycles. The van der Waals surface area contributed by atoms with Gasteiger partial charge in [-0.1, -0.05) is 15.9 Å². The number of halogens is 1.